The monoisotopic (exact) mass is 420 g/mol. The van der Waals surface area contributed by atoms with Gasteiger partial charge in [0.25, 0.3) is 0 Å². The highest BCUT2D eigenvalue weighted by molar-refractivity contribution is 6.33. The number of methoxy groups -OCH3 is 1. The number of hydrogen-bond acceptors (Lipinski definition) is 5. The molecule has 0 saturated carbocycles. The summed E-state index contributed by atoms with van der Waals surface area (Å²) >= 11 is 6.45. The predicted molar refractivity (Wildman–Crippen MR) is 115 cm³/mol. The van der Waals surface area contributed by atoms with Crippen LogP contribution in [0.4, 0.5) is 0 Å². The average Bonchev–Trinajstić information content (AvgIpc) is 2.78. The highest BCUT2D eigenvalue weighted by Gasteiger charge is 2.13. The molecule has 0 bridgehead atoms. The van der Waals surface area contributed by atoms with Gasteiger partial charge in [-0.2, -0.15) is 0 Å². The molecule has 0 spiro atoms. The van der Waals surface area contributed by atoms with Gasteiger partial charge in [-0.1, -0.05) is 54.1 Å². The smallest absolute Gasteiger partial charge is 0.337 e. The first-order valence-electron chi connectivity index (χ1n) is 9.18. The van der Waals surface area contributed by atoms with Gasteiger partial charge in [-0.15, -0.1) is 0 Å². The van der Waals surface area contributed by atoms with Crippen LogP contribution in [0.25, 0.3) is 22.1 Å². The van der Waals surface area contributed by atoms with Gasteiger partial charge in [-0.05, 0) is 34.9 Å². The quantitative estimate of drug-likeness (QED) is 0.316. The average molecular weight is 421 g/mol. The molecule has 3 aromatic carbocycles. The summed E-state index contributed by atoms with van der Waals surface area (Å²) in [5.41, 5.74) is 2.88. The van der Waals surface area contributed by atoms with Gasteiger partial charge >= 0.3 is 11.6 Å². The zero-order valence-electron chi connectivity index (χ0n) is 16.1. The molecule has 150 valence electrons. The van der Waals surface area contributed by atoms with Crippen LogP contribution < -0.4 is 10.4 Å². The van der Waals surface area contributed by atoms with E-state index in [1.165, 1.54) is 13.2 Å². The number of carbonyl (C=O) groups is 1. The Balaban J connectivity index is 1.64. The van der Waals surface area contributed by atoms with Crippen molar-refractivity contribution in [2.24, 2.45) is 0 Å². The summed E-state index contributed by atoms with van der Waals surface area (Å²) in [5.74, 6) is -0.00105. The van der Waals surface area contributed by atoms with E-state index >= 15 is 0 Å². The fourth-order valence-electron chi connectivity index (χ4n) is 3.15. The van der Waals surface area contributed by atoms with Gasteiger partial charge in [0.05, 0.1) is 17.7 Å². The molecule has 0 saturated heterocycles. The molecule has 4 rings (SSSR count). The topological polar surface area (TPSA) is 65.7 Å². The van der Waals surface area contributed by atoms with Gasteiger partial charge < -0.3 is 13.9 Å². The van der Waals surface area contributed by atoms with E-state index in [1.807, 2.05) is 30.3 Å². The van der Waals surface area contributed by atoms with Crippen LogP contribution in [0.5, 0.6) is 5.75 Å². The van der Waals surface area contributed by atoms with Crippen LogP contribution in [0.2, 0.25) is 5.02 Å². The summed E-state index contributed by atoms with van der Waals surface area (Å²) in [6.07, 6.45) is 0. The third kappa shape index (κ3) is 4.07. The Morgan fingerprint density at radius 2 is 1.73 bits per heavy atom. The SMILES string of the molecule is COC(=O)c1ccc(COc2cc3oc(=O)cc(-c4ccccc4)c3cc2Cl)cc1. The van der Waals surface area contributed by atoms with Crippen LogP contribution in [0.15, 0.2) is 82.0 Å². The molecule has 0 radical (unpaired) electrons. The molecule has 1 aromatic heterocycles. The number of halogens is 1. The normalized spacial score (nSPS) is 10.7. The third-order valence-electron chi connectivity index (χ3n) is 4.65. The first-order valence-corrected chi connectivity index (χ1v) is 9.56. The fourth-order valence-corrected chi connectivity index (χ4v) is 3.36. The van der Waals surface area contributed by atoms with Crippen molar-refractivity contribution in [1.82, 2.24) is 0 Å². The molecule has 0 amide bonds. The standard InChI is InChI=1S/C24H17ClO5/c1-28-24(27)17-9-7-15(8-10-17)14-29-22-13-21-19(11-20(22)25)18(12-23(26)30-21)16-5-3-2-4-6-16/h2-13H,14H2,1H3. The van der Waals surface area contributed by atoms with E-state index in [1.54, 1.807) is 36.4 Å². The van der Waals surface area contributed by atoms with E-state index in [4.69, 9.17) is 20.8 Å². The van der Waals surface area contributed by atoms with Crippen molar-refractivity contribution in [2.45, 2.75) is 6.61 Å². The van der Waals surface area contributed by atoms with Gasteiger partial charge in [-0.3, -0.25) is 0 Å². The van der Waals surface area contributed by atoms with Crippen LogP contribution >= 0.6 is 11.6 Å². The first-order chi connectivity index (χ1) is 14.5. The molecule has 0 unspecified atom stereocenters. The summed E-state index contributed by atoms with van der Waals surface area (Å²) in [6.45, 7) is 0.231. The summed E-state index contributed by atoms with van der Waals surface area (Å²) in [5, 5.41) is 1.13. The maximum Gasteiger partial charge on any atom is 0.337 e. The van der Waals surface area contributed by atoms with Crippen molar-refractivity contribution in [2.75, 3.05) is 7.11 Å². The molecule has 0 atom stereocenters. The highest BCUT2D eigenvalue weighted by atomic mass is 35.5. The second kappa shape index (κ2) is 8.43. The second-order valence-corrected chi connectivity index (χ2v) is 7.01. The number of fused-ring (bicyclic) bond motifs is 1. The molecule has 0 aliphatic heterocycles. The summed E-state index contributed by atoms with van der Waals surface area (Å²) < 4.78 is 15.9. The molecule has 30 heavy (non-hydrogen) atoms. The van der Waals surface area contributed by atoms with E-state index < -0.39 is 11.6 Å². The first kappa shape index (κ1) is 19.7. The molecule has 5 nitrogen and oxygen atoms in total. The van der Waals surface area contributed by atoms with E-state index in [0.29, 0.717) is 21.9 Å². The van der Waals surface area contributed by atoms with Crippen molar-refractivity contribution in [3.8, 4) is 16.9 Å². The van der Waals surface area contributed by atoms with Gasteiger partial charge in [0.15, 0.2) is 0 Å². The third-order valence-corrected chi connectivity index (χ3v) is 4.95. The fraction of sp³-hybridized carbons (Fsp3) is 0.0833. The molecule has 0 N–H and O–H groups in total. The van der Waals surface area contributed by atoms with Crippen molar-refractivity contribution in [3.05, 3.63) is 99.4 Å². The number of hydrogen-bond donors (Lipinski definition) is 0. The van der Waals surface area contributed by atoms with Gasteiger partial charge in [0.1, 0.15) is 17.9 Å². The highest BCUT2D eigenvalue weighted by Crippen LogP contribution is 2.35. The van der Waals surface area contributed by atoms with Gasteiger partial charge in [0, 0.05) is 17.5 Å². The summed E-state index contributed by atoms with van der Waals surface area (Å²) in [6, 6.07) is 21.2. The van der Waals surface area contributed by atoms with E-state index in [2.05, 4.69) is 4.74 Å². The van der Waals surface area contributed by atoms with Crippen LogP contribution in [0.3, 0.4) is 0 Å². The molecule has 1 heterocycles. The van der Waals surface area contributed by atoms with Crippen LogP contribution in [-0.4, -0.2) is 13.1 Å². The zero-order chi connectivity index (χ0) is 21.1. The maximum atomic E-state index is 12.1. The van der Waals surface area contributed by atoms with Crippen LogP contribution in [0, 0.1) is 0 Å². The van der Waals surface area contributed by atoms with Crippen molar-refractivity contribution >= 4 is 28.5 Å². The zero-order valence-corrected chi connectivity index (χ0v) is 16.8. The Morgan fingerprint density at radius 1 is 1.00 bits per heavy atom. The number of rotatable bonds is 5. The minimum Gasteiger partial charge on any atom is -0.487 e. The Labute approximate surface area is 177 Å². The Bertz CT molecular complexity index is 1260. The molecule has 0 aliphatic carbocycles. The lowest BCUT2D eigenvalue weighted by Gasteiger charge is -2.11. The van der Waals surface area contributed by atoms with Crippen molar-refractivity contribution < 1.29 is 18.7 Å². The van der Waals surface area contributed by atoms with E-state index in [-0.39, 0.29) is 6.61 Å². The van der Waals surface area contributed by atoms with E-state index in [9.17, 15) is 9.59 Å². The lowest BCUT2D eigenvalue weighted by atomic mass is 10.0. The van der Waals surface area contributed by atoms with Crippen LogP contribution in [-0.2, 0) is 11.3 Å². The van der Waals surface area contributed by atoms with Gasteiger partial charge in [0.2, 0.25) is 0 Å². The Morgan fingerprint density at radius 3 is 2.43 bits per heavy atom. The van der Waals surface area contributed by atoms with Crippen molar-refractivity contribution in [1.29, 1.82) is 0 Å². The Hall–Kier alpha value is -3.57. The minimum absolute atomic E-state index is 0.231. The molecule has 4 aromatic rings. The van der Waals surface area contributed by atoms with E-state index in [0.717, 1.165) is 22.1 Å². The lowest BCUT2D eigenvalue weighted by Crippen LogP contribution is -2.02. The molecule has 6 heteroatoms. The largest absolute Gasteiger partial charge is 0.487 e. The Kier molecular flexibility index (Phi) is 5.55. The minimum atomic E-state index is -0.451. The lowest BCUT2D eigenvalue weighted by molar-refractivity contribution is 0.0600. The number of benzene rings is 3. The summed E-state index contributed by atoms with van der Waals surface area (Å²) in [4.78, 5) is 23.6. The number of ether oxygens (including phenoxy) is 2. The number of esters is 1. The van der Waals surface area contributed by atoms with Crippen LogP contribution in [0.1, 0.15) is 15.9 Å². The van der Waals surface area contributed by atoms with Crippen molar-refractivity contribution in [3.63, 3.8) is 0 Å². The molecule has 0 fully saturated rings. The second-order valence-electron chi connectivity index (χ2n) is 6.60. The predicted octanol–water partition coefficient (Wildman–Crippen LogP) is 5.48. The summed E-state index contributed by atoms with van der Waals surface area (Å²) in [7, 11) is 1.34. The maximum absolute atomic E-state index is 12.1. The van der Waals surface area contributed by atoms with Gasteiger partial charge in [-0.25, -0.2) is 9.59 Å². The number of carbonyl (C=O) groups excluding carboxylic acids is 1. The molecular formula is C24H17ClO5. The molecular weight excluding hydrogens is 404 g/mol. The molecule has 0 aliphatic rings.